The Morgan fingerprint density at radius 3 is 2.27 bits per heavy atom. The van der Waals surface area contributed by atoms with Crippen molar-refractivity contribution in [3.8, 4) is 6.07 Å². The summed E-state index contributed by atoms with van der Waals surface area (Å²) in [6, 6.07) is 10.2. The molecule has 0 saturated carbocycles. The zero-order valence-electron chi connectivity index (χ0n) is 14.0. The van der Waals surface area contributed by atoms with E-state index in [0.717, 1.165) is 24.2 Å². The molecule has 4 heteroatoms. The number of nitriles is 1. The van der Waals surface area contributed by atoms with E-state index in [2.05, 4.69) is 11.0 Å². The number of carbonyl (C=O) groups is 1. The van der Waals surface area contributed by atoms with Gasteiger partial charge in [-0.25, -0.2) is 0 Å². The van der Waals surface area contributed by atoms with E-state index in [-0.39, 0.29) is 17.4 Å². The quantitative estimate of drug-likeness (QED) is 0.843. The number of benzene rings is 1. The smallest absolute Gasteiger partial charge is 0.228 e. The molecule has 1 unspecified atom stereocenters. The Kier molecular flexibility index (Phi) is 4.87. The maximum Gasteiger partial charge on any atom is 0.228 e. The minimum atomic E-state index is -0.340. The molecule has 4 nitrogen and oxygen atoms in total. The maximum absolute atomic E-state index is 12.3. The topological polar surface area (TPSA) is 47.3 Å². The van der Waals surface area contributed by atoms with E-state index < -0.39 is 0 Å². The van der Waals surface area contributed by atoms with Crippen molar-refractivity contribution in [3.05, 3.63) is 35.4 Å². The Labute approximate surface area is 133 Å². The summed E-state index contributed by atoms with van der Waals surface area (Å²) in [6.07, 6.45) is 0. The molecule has 0 radical (unpaired) electrons. The standard InChI is InChI=1S/C18H25N3O/c1-14-7-5-6-8-15(14)16(13-19)20-9-11-21(12-10-20)17(22)18(2,3)4/h5-8,16H,9-12H2,1-4H3. The van der Waals surface area contributed by atoms with Gasteiger partial charge in [-0.1, -0.05) is 45.0 Å². The molecule has 1 amide bonds. The third kappa shape index (κ3) is 3.48. The first-order chi connectivity index (χ1) is 10.3. The van der Waals surface area contributed by atoms with Crippen LogP contribution in [-0.4, -0.2) is 41.9 Å². The predicted octanol–water partition coefficient (Wildman–Crippen LogP) is 2.75. The first-order valence-electron chi connectivity index (χ1n) is 7.83. The molecular formula is C18H25N3O. The van der Waals surface area contributed by atoms with Crippen LogP contribution in [0, 0.1) is 23.7 Å². The zero-order valence-corrected chi connectivity index (χ0v) is 14.0. The van der Waals surface area contributed by atoms with Crippen molar-refractivity contribution < 1.29 is 4.79 Å². The Morgan fingerprint density at radius 1 is 1.18 bits per heavy atom. The predicted molar refractivity (Wildman–Crippen MR) is 87.1 cm³/mol. The molecule has 118 valence electrons. The number of nitrogens with zero attached hydrogens (tertiary/aromatic N) is 3. The largest absolute Gasteiger partial charge is 0.340 e. The van der Waals surface area contributed by atoms with E-state index in [1.807, 2.05) is 56.9 Å². The van der Waals surface area contributed by atoms with Gasteiger partial charge in [0.2, 0.25) is 5.91 Å². The Bertz CT molecular complexity index is 575. The second kappa shape index (κ2) is 6.50. The fraction of sp³-hybridized carbons (Fsp3) is 0.556. The second-order valence-corrected chi connectivity index (χ2v) is 6.97. The molecule has 1 aliphatic rings. The van der Waals surface area contributed by atoms with Gasteiger partial charge >= 0.3 is 0 Å². The molecule has 1 aromatic carbocycles. The number of aryl methyl sites for hydroxylation is 1. The highest BCUT2D eigenvalue weighted by Gasteiger charge is 2.32. The minimum absolute atomic E-state index is 0.191. The van der Waals surface area contributed by atoms with E-state index in [1.165, 1.54) is 0 Å². The van der Waals surface area contributed by atoms with E-state index in [0.29, 0.717) is 13.1 Å². The number of rotatable bonds is 2. The number of amides is 1. The van der Waals surface area contributed by atoms with Crippen LogP contribution in [0.2, 0.25) is 0 Å². The average molecular weight is 299 g/mol. The lowest BCUT2D eigenvalue weighted by molar-refractivity contribution is -0.141. The first-order valence-corrected chi connectivity index (χ1v) is 7.83. The van der Waals surface area contributed by atoms with Gasteiger partial charge in [0.15, 0.2) is 0 Å². The van der Waals surface area contributed by atoms with E-state index >= 15 is 0 Å². The maximum atomic E-state index is 12.3. The Hall–Kier alpha value is -1.86. The van der Waals surface area contributed by atoms with Crippen molar-refractivity contribution in [3.63, 3.8) is 0 Å². The molecule has 1 fully saturated rings. The lowest BCUT2D eigenvalue weighted by Crippen LogP contribution is -2.52. The fourth-order valence-corrected chi connectivity index (χ4v) is 2.90. The molecule has 2 rings (SSSR count). The van der Waals surface area contributed by atoms with Crippen LogP contribution >= 0.6 is 0 Å². The van der Waals surface area contributed by atoms with Crippen LogP contribution in [0.3, 0.4) is 0 Å². The van der Waals surface area contributed by atoms with E-state index in [4.69, 9.17) is 0 Å². The number of hydrogen-bond acceptors (Lipinski definition) is 3. The summed E-state index contributed by atoms with van der Waals surface area (Å²) in [5, 5.41) is 9.59. The minimum Gasteiger partial charge on any atom is -0.340 e. The van der Waals surface area contributed by atoms with Crippen LogP contribution in [0.1, 0.15) is 37.9 Å². The highest BCUT2D eigenvalue weighted by atomic mass is 16.2. The highest BCUT2D eigenvalue weighted by Crippen LogP contribution is 2.25. The van der Waals surface area contributed by atoms with Crippen molar-refractivity contribution in [2.75, 3.05) is 26.2 Å². The van der Waals surface area contributed by atoms with Crippen LogP contribution in [0.15, 0.2) is 24.3 Å². The highest BCUT2D eigenvalue weighted by molar-refractivity contribution is 5.81. The monoisotopic (exact) mass is 299 g/mol. The molecule has 0 aromatic heterocycles. The summed E-state index contributed by atoms with van der Waals surface area (Å²) in [4.78, 5) is 16.4. The lowest BCUT2D eigenvalue weighted by atomic mass is 9.94. The van der Waals surface area contributed by atoms with Crippen molar-refractivity contribution in [1.29, 1.82) is 5.26 Å². The molecule has 1 atom stereocenters. The van der Waals surface area contributed by atoms with Gasteiger partial charge < -0.3 is 4.90 Å². The molecule has 0 aliphatic carbocycles. The lowest BCUT2D eigenvalue weighted by Gasteiger charge is -2.39. The van der Waals surface area contributed by atoms with Crippen LogP contribution in [0.4, 0.5) is 0 Å². The van der Waals surface area contributed by atoms with Gasteiger partial charge in [0, 0.05) is 31.6 Å². The Morgan fingerprint density at radius 2 is 1.77 bits per heavy atom. The molecule has 1 aromatic rings. The van der Waals surface area contributed by atoms with E-state index in [9.17, 15) is 10.1 Å². The third-order valence-electron chi connectivity index (χ3n) is 4.21. The summed E-state index contributed by atoms with van der Waals surface area (Å²) in [5.41, 5.74) is 1.87. The van der Waals surface area contributed by atoms with Gasteiger partial charge in [0.25, 0.3) is 0 Å². The number of piperazine rings is 1. The average Bonchev–Trinajstić information content (AvgIpc) is 2.49. The summed E-state index contributed by atoms with van der Waals surface area (Å²) in [5.74, 6) is 0.191. The summed E-state index contributed by atoms with van der Waals surface area (Å²) in [7, 11) is 0. The summed E-state index contributed by atoms with van der Waals surface area (Å²) >= 11 is 0. The zero-order chi connectivity index (χ0) is 16.3. The normalized spacial score (nSPS) is 17.9. The van der Waals surface area contributed by atoms with Crippen LogP contribution in [0.25, 0.3) is 0 Å². The first kappa shape index (κ1) is 16.5. The molecule has 0 spiro atoms. The fourth-order valence-electron chi connectivity index (χ4n) is 2.90. The van der Waals surface area contributed by atoms with Gasteiger partial charge in [-0.05, 0) is 18.1 Å². The number of hydrogen-bond donors (Lipinski definition) is 0. The SMILES string of the molecule is Cc1ccccc1C(C#N)N1CCN(C(=O)C(C)(C)C)CC1. The summed E-state index contributed by atoms with van der Waals surface area (Å²) < 4.78 is 0. The van der Waals surface area contributed by atoms with Crippen molar-refractivity contribution >= 4 is 5.91 Å². The van der Waals surface area contributed by atoms with Gasteiger partial charge in [-0.2, -0.15) is 5.26 Å². The molecule has 0 bridgehead atoms. The molecular weight excluding hydrogens is 274 g/mol. The van der Waals surface area contributed by atoms with Gasteiger partial charge in [-0.15, -0.1) is 0 Å². The van der Waals surface area contributed by atoms with Crippen LogP contribution in [0.5, 0.6) is 0 Å². The Balaban J connectivity index is 2.06. The molecule has 0 N–H and O–H groups in total. The van der Waals surface area contributed by atoms with Crippen LogP contribution in [-0.2, 0) is 4.79 Å². The molecule has 1 aliphatic heterocycles. The van der Waals surface area contributed by atoms with Crippen LogP contribution < -0.4 is 0 Å². The molecule has 22 heavy (non-hydrogen) atoms. The molecule has 1 saturated heterocycles. The van der Waals surface area contributed by atoms with Crippen molar-refractivity contribution in [2.45, 2.75) is 33.7 Å². The van der Waals surface area contributed by atoms with Crippen molar-refractivity contribution in [1.82, 2.24) is 9.80 Å². The second-order valence-electron chi connectivity index (χ2n) is 6.97. The van der Waals surface area contributed by atoms with Gasteiger partial charge in [0.1, 0.15) is 6.04 Å². The van der Waals surface area contributed by atoms with Gasteiger partial charge in [0.05, 0.1) is 6.07 Å². The van der Waals surface area contributed by atoms with Gasteiger partial charge in [-0.3, -0.25) is 9.69 Å². The van der Waals surface area contributed by atoms with Crippen molar-refractivity contribution in [2.24, 2.45) is 5.41 Å². The third-order valence-corrected chi connectivity index (χ3v) is 4.21. The molecule has 1 heterocycles. The van der Waals surface area contributed by atoms with E-state index in [1.54, 1.807) is 0 Å². The summed E-state index contributed by atoms with van der Waals surface area (Å²) in [6.45, 7) is 10.8. The number of carbonyl (C=O) groups excluding carboxylic acids is 1.